The number of benzene rings is 1. The molecule has 1 aromatic carbocycles. The van der Waals surface area contributed by atoms with Crippen molar-refractivity contribution < 1.29 is 33.1 Å². The normalized spacial score (nSPS) is 14.7. The van der Waals surface area contributed by atoms with E-state index in [4.69, 9.17) is 26.5 Å². The molecule has 1 aliphatic rings. The van der Waals surface area contributed by atoms with Gasteiger partial charge >= 0.3 is 12.0 Å². The average Bonchev–Trinajstić information content (AvgIpc) is 3.27. The van der Waals surface area contributed by atoms with E-state index in [0.717, 1.165) is 4.90 Å². The van der Waals surface area contributed by atoms with Crippen LogP contribution in [0.5, 0.6) is 5.75 Å². The average molecular weight is 513 g/mol. The molecule has 0 atom stereocenters. The molecule has 3 rings (SSSR count). The van der Waals surface area contributed by atoms with Gasteiger partial charge in [0.1, 0.15) is 11.5 Å². The van der Waals surface area contributed by atoms with Gasteiger partial charge in [0.05, 0.1) is 23.1 Å². The molecule has 31 heavy (non-hydrogen) atoms. The first-order chi connectivity index (χ1) is 14.7. The third-order valence-electron chi connectivity index (χ3n) is 4.01. The molecule has 1 fully saturated rings. The van der Waals surface area contributed by atoms with Crippen LogP contribution >= 0.6 is 27.5 Å². The highest BCUT2D eigenvalue weighted by molar-refractivity contribution is 9.10. The van der Waals surface area contributed by atoms with Crippen molar-refractivity contribution in [1.82, 2.24) is 10.2 Å². The molecule has 0 bridgehead atoms. The minimum atomic E-state index is -0.672. The largest absolute Gasteiger partial charge is 0.481 e. The number of carbonyl (C=O) groups is 4. The topological polar surface area (TPSA) is 141 Å². The van der Waals surface area contributed by atoms with E-state index in [2.05, 4.69) is 26.0 Å². The van der Waals surface area contributed by atoms with Crippen molar-refractivity contribution in [1.29, 1.82) is 0 Å². The molecule has 2 aromatic rings. The summed E-state index contributed by atoms with van der Waals surface area (Å²) in [5, 5.41) is 2.64. The Bertz CT molecular complexity index is 1090. The lowest BCUT2D eigenvalue weighted by Crippen LogP contribution is -2.30. The first-order valence-corrected chi connectivity index (χ1v) is 9.78. The molecule has 0 aliphatic carbocycles. The Morgan fingerprint density at radius 1 is 1.32 bits per heavy atom. The number of hydrogen-bond acceptors (Lipinski definition) is 7. The van der Waals surface area contributed by atoms with E-state index in [1.807, 2.05) is 0 Å². The van der Waals surface area contributed by atoms with Crippen molar-refractivity contribution in [2.75, 3.05) is 13.7 Å². The van der Waals surface area contributed by atoms with Crippen LogP contribution in [0.15, 0.2) is 38.9 Å². The molecule has 0 saturated carbocycles. The monoisotopic (exact) mass is 511 g/mol. The van der Waals surface area contributed by atoms with Crippen LogP contribution in [0.4, 0.5) is 4.79 Å². The zero-order chi connectivity index (χ0) is 22.7. The molecule has 4 amide bonds. The summed E-state index contributed by atoms with van der Waals surface area (Å²) in [6.07, 6.45) is 1.43. The lowest BCUT2D eigenvalue weighted by atomic mass is 10.2. The van der Waals surface area contributed by atoms with E-state index >= 15 is 0 Å². The Morgan fingerprint density at radius 3 is 2.71 bits per heavy atom. The highest BCUT2D eigenvalue weighted by Gasteiger charge is 2.34. The number of nitrogens with two attached hydrogens (primary N) is 1. The third kappa shape index (κ3) is 5.06. The van der Waals surface area contributed by atoms with Crippen LogP contribution in [0.2, 0.25) is 5.02 Å². The second-order valence-electron chi connectivity index (χ2n) is 6.21. The maximum absolute atomic E-state index is 12.7. The molecule has 0 unspecified atom stereocenters. The number of rotatable bonds is 7. The number of hydrogen-bond donors (Lipinski definition) is 2. The number of methoxy groups -OCH3 is 1. The molecule has 162 valence electrons. The number of nitrogens with zero attached hydrogens (tertiary/aromatic N) is 1. The van der Waals surface area contributed by atoms with Crippen molar-refractivity contribution in [3.8, 4) is 5.75 Å². The van der Waals surface area contributed by atoms with Crippen LogP contribution in [-0.2, 0) is 20.9 Å². The number of imide groups is 1. The maximum atomic E-state index is 12.7. The molecule has 3 N–H and O–H groups in total. The van der Waals surface area contributed by atoms with Crippen molar-refractivity contribution in [3.05, 3.63) is 56.5 Å². The quantitative estimate of drug-likeness (QED) is 0.330. The Balaban J connectivity index is 1.77. The van der Waals surface area contributed by atoms with Crippen LogP contribution < -0.4 is 15.8 Å². The van der Waals surface area contributed by atoms with Gasteiger partial charge in [-0.3, -0.25) is 14.5 Å². The van der Waals surface area contributed by atoms with Gasteiger partial charge in [0.25, 0.3) is 11.8 Å². The Labute approximate surface area is 189 Å². The Morgan fingerprint density at radius 2 is 2.06 bits per heavy atom. The lowest BCUT2D eigenvalue weighted by Gasteiger charge is -2.10. The van der Waals surface area contributed by atoms with Gasteiger partial charge in [-0.05, 0) is 51.8 Å². The summed E-state index contributed by atoms with van der Waals surface area (Å²) in [6.45, 7) is -0.532. The summed E-state index contributed by atoms with van der Waals surface area (Å²) in [5.74, 6) is -1.53. The van der Waals surface area contributed by atoms with E-state index in [9.17, 15) is 19.2 Å². The number of ether oxygens (including phenoxy) is 2. The summed E-state index contributed by atoms with van der Waals surface area (Å²) in [7, 11) is 1.21. The number of carbonyl (C=O) groups excluding carboxylic acids is 4. The second-order valence-corrected chi connectivity index (χ2v) is 7.47. The Hall–Kier alpha value is -3.31. The molecule has 2 heterocycles. The van der Waals surface area contributed by atoms with Gasteiger partial charge in [0, 0.05) is 0 Å². The van der Waals surface area contributed by atoms with Gasteiger partial charge in [-0.15, -0.1) is 0 Å². The maximum Gasteiger partial charge on any atom is 0.373 e. The van der Waals surface area contributed by atoms with Gasteiger partial charge < -0.3 is 24.9 Å². The Kier molecular flexibility index (Phi) is 6.66. The first-order valence-electron chi connectivity index (χ1n) is 8.61. The zero-order valence-electron chi connectivity index (χ0n) is 15.9. The molecular formula is C19H15BrClN3O7. The molecule has 1 saturated heterocycles. The van der Waals surface area contributed by atoms with Crippen LogP contribution in [0.1, 0.15) is 21.9 Å². The number of amides is 4. The summed E-state index contributed by atoms with van der Waals surface area (Å²) in [5.41, 5.74) is 5.55. The van der Waals surface area contributed by atoms with Crippen LogP contribution in [-0.4, -0.2) is 42.4 Å². The second kappa shape index (κ2) is 9.23. The number of esters is 1. The van der Waals surface area contributed by atoms with Gasteiger partial charge in [-0.1, -0.05) is 11.6 Å². The molecule has 1 aliphatic heterocycles. The third-order valence-corrected chi connectivity index (χ3v) is 4.88. The van der Waals surface area contributed by atoms with E-state index in [1.165, 1.54) is 31.4 Å². The lowest BCUT2D eigenvalue weighted by molar-refractivity contribution is -0.123. The first kappa shape index (κ1) is 22.4. The number of urea groups is 1. The molecule has 0 radical (unpaired) electrons. The highest BCUT2D eigenvalue weighted by atomic mass is 79.9. The predicted molar refractivity (Wildman–Crippen MR) is 111 cm³/mol. The van der Waals surface area contributed by atoms with Gasteiger partial charge in [-0.2, -0.15) is 0 Å². The number of primary amides is 1. The molecule has 12 heteroatoms. The van der Waals surface area contributed by atoms with Crippen molar-refractivity contribution in [3.63, 3.8) is 0 Å². The summed E-state index contributed by atoms with van der Waals surface area (Å²) in [4.78, 5) is 48.2. The molecule has 1 aromatic heterocycles. The summed E-state index contributed by atoms with van der Waals surface area (Å²) < 4.78 is 15.5. The zero-order valence-corrected chi connectivity index (χ0v) is 18.3. The number of nitrogens with one attached hydrogen (secondary N) is 1. The highest BCUT2D eigenvalue weighted by Crippen LogP contribution is 2.35. The molecular weight excluding hydrogens is 498 g/mol. The van der Waals surface area contributed by atoms with E-state index < -0.39 is 23.8 Å². The SMILES string of the molecule is COC(=O)c1ccc(CN2C(=O)N/C(=C\c3cc(Cl)c(OCC(N)=O)c(Br)c3)C2=O)o1. The van der Waals surface area contributed by atoms with E-state index in [1.54, 1.807) is 6.07 Å². The minimum Gasteiger partial charge on any atom is -0.481 e. The van der Waals surface area contributed by atoms with Crippen molar-refractivity contribution in [2.45, 2.75) is 6.54 Å². The summed E-state index contributed by atoms with van der Waals surface area (Å²) >= 11 is 9.45. The number of furan rings is 1. The fourth-order valence-electron chi connectivity index (χ4n) is 2.65. The molecule has 0 spiro atoms. The van der Waals surface area contributed by atoms with Crippen LogP contribution in [0.3, 0.4) is 0 Å². The molecule has 10 nitrogen and oxygen atoms in total. The van der Waals surface area contributed by atoms with Crippen molar-refractivity contribution in [2.24, 2.45) is 5.73 Å². The predicted octanol–water partition coefficient (Wildman–Crippen LogP) is 2.44. The van der Waals surface area contributed by atoms with Gasteiger partial charge in [-0.25, -0.2) is 9.59 Å². The number of halogens is 2. The van der Waals surface area contributed by atoms with E-state index in [-0.39, 0.29) is 41.1 Å². The minimum absolute atomic E-state index is 0.0125. The standard InChI is InChI=1S/C19H15BrClN3O7/c1-29-18(27)14-3-2-10(31-14)7-24-17(26)13(23-19(24)28)6-9-4-11(20)16(12(21)5-9)30-8-15(22)25/h2-6H,7-8H2,1H3,(H2,22,25)(H,23,28)/b13-6-. The van der Waals surface area contributed by atoms with Crippen LogP contribution in [0.25, 0.3) is 6.08 Å². The van der Waals surface area contributed by atoms with Gasteiger partial charge in [0.2, 0.25) is 5.76 Å². The fraction of sp³-hybridized carbons (Fsp3) is 0.158. The van der Waals surface area contributed by atoms with Crippen LogP contribution in [0, 0.1) is 0 Å². The smallest absolute Gasteiger partial charge is 0.373 e. The van der Waals surface area contributed by atoms with Gasteiger partial charge in [0.15, 0.2) is 12.4 Å². The fourth-order valence-corrected chi connectivity index (χ4v) is 3.64. The van der Waals surface area contributed by atoms with E-state index in [0.29, 0.717) is 10.0 Å². The summed E-state index contributed by atoms with van der Waals surface area (Å²) in [6, 6.07) is 5.28. The van der Waals surface area contributed by atoms with Crippen molar-refractivity contribution >= 4 is 57.4 Å².